The van der Waals surface area contributed by atoms with E-state index in [4.69, 9.17) is 4.84 Å². The summed E-state index contributed by atoms with van der Waals surface area (Å²) >= 11 is 0. The van der Waals surface area contributed by atoms with Crippen LogP contribution >= 0.6 is 0 Å². The summed E-state index contributed by atoms with van der Waals surface area (Å²) in [6.45, 7) is 2.10. The van der Waals surface area contributed by atoms with Crippen LogP contribution in [0.5, 0.6) is 5.75 Å². The van der Waals surface area contributed by atoms with Gasteiger partial charge in [-0.25, -0.2) is 0 Å². The minimum absolute atomic E-state index is 0.945. The monoisotopic (exact) mass is 213 g/mol. The van der Waals surface area contributed by atoms with Crippen molar-refractivity contribution in [2.45, 2.75) is 12.8 Å². The van der Waals surface area contributed by atoms with Crippen LogP contribution in [0.3, 0.4) is 0 Å². The van der Waals surface area contributed by atoms with Crippen molar-refractivity contribution in [1.29, 1.82) is 0 Å². The molecule has 1 fully saturated rings. The van der Waals surface area contributed by atoms with E-state index in [0.717, 1.165) is 18.8 Å². The second kappa shape index (κ2) is 4.14. The summed E-state index contributed by atoms with van der Waals surface area (Å²) in [6, 6.07) is 14.6. The van der Waals surface area contributed by atoms with Gasteiger partial charge in [-0.05, 0) is 35.7 Å². The Morgan fingerprint density at radius 2 is 1.62 bits per heavy atom. The molecule has 1 saturated heterocycles. The number of hydrogen-bond donors (Lipinski definition) is 0. The minimum atomic E-state index is 0.945. The molecule has 0 unspecified atom stereocenters. The third-order valence-corrected chi connectivity index (χ3v) is 3.02. The largest absolute Gasteiger partial charge is 0.406 e. The lowest BCUT2D eigenvalue weighted by molar-refractivity contribution is -0.0345. The first kappa shape index (κ1) is 9.67. The zero-order valence-electron chi connectivity index (χ0n) is 9.23. The van der Waals surface area contributed by atoms with Crippen molar-refractivity contribution in [3.8, 4) is 5.75 Å². The summed E-state index contributed by atoms with van der Waals surface area (Å²) in [5, 5.41) is 4.54. The average Bonchev–Trinajstić information content (AvgIpc) is 2.82. The molecule has 2 aromatic rings. The molecule has 1 heterocycles. The molecule has 2 aromatic carbocycles. The van der Waals surface area contributed by atoms with Crippen LogP contribution in [0.25, 0.3) is 10.8 Å². The maximum Gasteiger partial charge on any atom is 0.148 e. The molecule has 0 aliphatic carbocycles. The van der Waals surface area contributed by atoms with Gasteiger partial charge in [0.1, 0.15) is 5.75 Å². The first-order chi connectivity index (χ1) is 7.92. The summed E-state index contributed by atoms with van der Waals surface area (Å²) < 4.78 is 0. The first-order valence-electron chi connectivity index (χ1n) is 5.83. The van der Waals surface area contributed by atoms with Crippen LogP contribution in [-0.2, 0) is 0 Å². The number of nitrogens with zero attached hydrogens (tertiary/aromatic N) is 1. The van der Waals surface area contributed by atoms with Crippen LogP contribution in [0.4, 0.5) is 0 Å². The molecule has 82 valence electrons. The predicted molar refractivity (Wildman–Crippen MR) is 65.4 cm³/mol. The third kappa shape index (κ3) is 1.89. The van der Waals surface area contributed by atoms with Gasteiger partial charge in [-0.15, -0.1) is 5.06 Å². The third-order valence-electron chi connectivity index (χ3n) is 3.02. The van der Waals surface area contributed by atoms with E-state index in [0.29, 0.717) is 0 Å². The van der Waals surface area contributed by atoms with Crippen molar-refractivity contribution in [2.75, 3.05) is 13.1 Å². The Balaban J connectivity index is 1.86. The topological polar surface area (TPSA) is 12.5 Å². The van der Waals surface area contributed by atoms with Gasteiger partial charge >= 0.3 is 0 Å². The summed E-state index contributed by atoms with van der Waals surface area (Å²) in [7, 11) is 0. The molecule has 2 heteroatoms. The molecule has 2 nitrogen and oxygen atoms in total. The van der Waals surface area contributed by atoms with Crippen molar-refractivity contribution >= 4 is 10.8 Å². The summed E-state index contributed by atoms with van der Waals surface area (Å²) in [5.74, 6) is 0.945. The van der Waals surface area contributed by atoms with Gasteiger partial charge in [-0.2, -0.15) is 0 Å². The van der Waals surface area contributed by atoms with Gasteiger partial charge in [-0.1, -0.05) is 30.3 Å². The van der Waals surface area contributed by atoms with E-state index in [1.807, 2.05) is 11.1 Å². The molecule has 0 N–H and O–H groups in total. The van der Waals surface area contributed by atoms with Gasteiger partial charge in [0.05, 0.1) is 0 Å². The van der Waals surface area contributed by atoms with Crippen LogP contribution in [0.15, 0.2) is 42.5 Å². The van der Waals surface area contributed by atoms with E-state index in [9.17, 15) is 0 Å². The van der Waals surface area contributed by atoms with Gasteiger partial charge < -0.3 is 4.84 Å². The highest BCUT2D eigenvalue weighted by Gasteiger charge is 2.12. The fourth-order valence-electron chi connectivity index (χ4n) is 2.15. The maximum absolute atomic E-state index is 5.82. The van der Waals surface area contributed by atoms with E-state index in [1.165, 1.54) is 23.6 Å². The van der Waals surface area contributed by atoms with Crippen molar-refractivity contribution in [1.82, 2.24) is 5.06 Å². The fraction of sp³-hybridized carbons (Fsp3) is 0.286. The molecule has 0 bridgehead atoms. The van der Waals surface area contributed by atoms with Crippen LogP contribution in [0, 0.1) is 0 Å². The van der Waals surface area contributed by atoms with Crippen molar-refractivity contribution in [2.24, 2.45) is 0 Å². The van der Waals surface area contributed by atoms with Crippen molar-refractivity contribution in [3.05, 3.63) is 42.5 Å². The summed E-state index contributed by atoms with van der Waals surface area (Å²) in [6.07, 6.45) is 2.49. The number of hydroxylamine groups is 2. The van der Waals surface area contributed by atoms with Crippen molar-refractivity contribution in [3.63, 3.8) is 0 Å². The SMILES string of the molecule is c1ccc2cc(ON3CCCC3)ccc2c1. The lowest BCUT2D eigenvalue weighted by atomic mass is 10.1. The zero-order chi connectivity index (χ0) is 10.8. The molecule has 1 aliphatic heterocycles. The Morgan fingerprint density at radius 1 is 0.875 bits per heavy atom. The van der Waals surface area contributed by atoms with Gasteiger partial charge in [0, 0.05) is 13.1 Å². The van der Waals surface area contributed by atoms with Gasteiger partial charge in [0.25, 0.3) is 0 Å². The Kier molecular flexibility index (Phi) is 2.50. The molecular formula is C14H15NO. The Labute approximate surface area is 95.4 Å². The van der Waals surface area contributed by atoms with Crippen LogP contribution in [-0.4, -0.2) is 18.2 Å². The molecule has 0 atom stereocenters. The second-order valence-electron chi connectivity index (χ2n) is 4.24. The Hall–Kier alpha value is -1.54. The molecular weight excluding hydrogens is 198 g/mol. The van der Waals surface area contributed by atoms with E-state index >= 15 is 0 Å². The number of fused-ring (bicyclic) bond motifs is 1. The molecule has 0 amide bonds. The zero-order valence-corrected chi connectivity index (χ0v) is 9.23. The predicted octanol–water partition coefficient (Wildman–Crippen LogP) is 3.23. The quantitative estimate of drug-likeness (QED) is 0.759. The summed E-state index contributed by atoms with van der Waals surface area (Å²) in [4.78, 5) is 5.82. The minimum Gasteiger partial charge on any atom is -0.406 e. The van der Waals surface area contributed by atoms with Crippen LogP contribution in [0.1, 0.15) is 12.8 Å². The smallest absolute Gasteiger partial charge is 0.148 e. The molecule has 0 aromatic heterocycles. The first-order valence-corrected chi connectivity index (χ1v) is 5.83. The highest BCUT2D eigenvalue weighted by atomic mass is 16.7. The highest BCUT2D eigenvalue weighted by molar-refractivity contribution is 5.83. The fourth-order valence-corrected chi connectivity index (χ4v) is 2.15. The van der Waals surface area contributed by atoms with Crippen molar-refractivity contribution < 1.29 is 4.84 Å². The lowest BCUT2D eigenvalue weighted by Crippen LogP contribution is -2.23. The number of hydrogen-bond acceptors (Lipinski definition) is 2. The van der Waals surface area contributed by atoms with Crippen LogP contribution < -0.4 is 4.84 Å². The van der Waals surface area contributed by atoms with Crippen LogP contribution in [0.2, 0.25) is 0 Å². The standard InChI is InChI=1S/C14H15NO/c1-2-6-13-11-14(8-7-12(13)5-1)16-15-9-3-4-10-15/h1-2,5-8,11H,3-4,9-10H2. The number of rotatable bonds is 2. The maximum atomic E-state index is 5.82. The van der Waals surface area contributed by atoms with Gasteiger partial charge in [0.2, 0.25) is 0 Å². The molecule has 0 saturated carbocycles. The van der Waals surface area contributed by atoms with E-state index in [1.54, 1.807) is 0 Å². The molecule has 1 aliphatic rings. The summed E-state index contributed by atoms with van der Waals surface area (Å²) in [5.41, 5.74) is 0. The molecule has 3 rings (SSSR count). The second-order valence-corrected chi connectivity index (χ2v) is 4.24. The molecule has 0 spiro atoms. The lowest BCUT2D eigenvalue weighted by Gasteiger charge is -2.16. The number of benzene rings is 2. The van der Waals surface area contributed by atoms with Gasteiger partial charge in [-0.3, -0.25) is 0 Å². The molecule has 0 radical (unpaired) electrons. The Bertz CT molecular complexity index is 489. The van der Waals surface area contributed by atoms with E-state index in [2.05, 4.69) is 36.4 Å². The van der Waals surface area contributed by atoms with Gasteiger partial charge in [0.15, 0.2) is 0 Å². The Morgan fingerprint density at radius 3 is 2.44 bits per heavy atom. The van der Waals surface area contributed by atoms with E-state index in [-0.39, 0.29) is 0 Å². The van der Waals surface area contributed by atoms with E-state index < -0.39 is 0 Å². The molecule has 16 heavy (non-hydrogen) atoms. The highest BCUT2D eigenvalue weighted by Crippen LogP contribution is 2.22. The normalized spacial score (nSPS) is 16.8. The average molecular weight is 213 g/mol.